The lowest BCUT2D eigenvalue weighted by atomic mass is 10.1. The topological polar surface area (TPSA) is 38.2 Å². The highest BCUT2D eigenvalue weighted by Crippen LogP contribution is 2.24. The molecule has 1 aliphatic heterocycles. The SMILES string of the molecule is COc1cc(C)nc(N2CCCCCC2CBr)n1. The van der Waals surface area contributed by atoms with E-state index < -0.39 is 0 Å². The molecule has 1 aromatic heterocycles. The summed E-state index contributed by atoms with van der Waals surface area (Å²) in [6.07, 6.45) is 4.99. The van der Waals surface area contributed by atoms with E-state index in [4.69, 9.17) is 4.74 Å². The molecule has 1 aliphatic rings. The summed E-state index contributed by atoms with van der Waals surface area (Å²) < 4.78 is 5.24. The fraction of sp³-hybridized carbons (Fsp3) is 0.692. The van der Waals surface area contributed by atoms with Crippen molar-refractivity contribution < 1.29 is 4.74 Å². The molecular weight excluding hydrogens is 294 g/mol. The predicted molar refractivity (Wildman–Crippen MR) is 76.7 cm³/mol. The van der Waals surface area contributed by atoms with Gasteiger partial charge in [0.25, 0.3) is 0 Å². The van der Waals surface area contributed by atoms with Crippen LogP contribution < -0.4 is 9.64 Å². The first-order valence-electron chi connectivity index (χ1n) is 6.47. The van der Waals surface area contributed by atoms with Crippen LogP contribution in [0.5, 0.6) is 5.88 Å². The van der Waals surface area contributed by atoms with Crippen molar-refractivity contribution in [3.63, 3.8) is 0 Å². The minimum absolute atomic E-state index is 0.485. The van der Waals surface area contributed by atoms with E-state index in [-0.39, 0.29) is 0 Å². The Bertz CT molecular complexity index is 400. The molecule has 0 N–H and O–H groups in total. The van der Waals surface area contributed by atoms with Crippen molar-refractivity contribution in [2.24, 2.45) is 0 Å². The average Bonchev–Trinajstić information content (AvgIpc) is 2.62. The van der Waals surface area contributed by atoms with Gasteiger partial charge in [0.1, 0.15) is 0 Å². The van der Waals surface area contributed by atoms with E-state index in [1.165, 1.54) is 25.7 Å². The molecule has 4 nitrogen and oxygen atoms in total. The molecule has 0 spiro atoms. The molecule has 1 saturated heterocycles. The van der Waals surface area contributed by atoms with Gasteiger partial charge in [0.2, 0.25) is 11.8 Å². The van der Waals surface area contributed by atoms with Crippen molar-refractivity contribution in [2.75, 3.05) is 23.9 Å². The number of nitrogens with zero attached hydrogens (tertiary/aromatic N) is 3. The van der Waals surface area contributed by atoms with E-state index in [9.17, 15) is 0 Å². The van der Waals surface area contributed by atoms with Crippen LogP contribution in [0.15, 0.2) is 6.07 Å². The maximum absolute atomic E-state index is 5.24. The number of methoxy groups -OCH3 is 1. The zero-order valence-electron chi connectivity index (χ0n) is 11.0. The van der Waals surface area contributed by atoms with Gasteiger partial charge in [-0.25, -0.2) is 4.98 Å². The Balaban J connectivity index is 2.29. The lowest BCUT2D eigenvalue weighted by Crippen LogP contribution is -2.37. The van der Waals surface area contributed by atoms with Gasteiger partial charge in [-0.05, 0) is 19.8 Å². The number of halogens is 1. The van der Waals surface area contributed by atoms with Gasteiger partial charge in [0.05, 0.1) is 7.11 Å². The number of hydrogen-bond acceptors (Lipinski definition) is 4. The van der Waals surface area contributed by atoms with Gasteiger partial charge in [0.15, 0.2) is 0 Å². The van der Waals surface area contributed by atoms with Gasteiger partial charge >= 0.3 is 0 Å². The van der Waals surface area contributed by atoms with Crippen LogP contribution in [0.1, 0.15) is 31.4 Å². The molecular formula is C13H20BrN3O. The summed E-state index contributed by atoms with van der Waals surface area (Å²) in [5, 5.41) is 0.965. The summed E-state index contributed by atoms with van der Waals surface area (Å²) in [4.78, 5) is 11.4. The third kappa shape index (κ3) is 3.13. The maximum atomic E-state index is 5.24. The Labute approximate surface area is 117 Å². The molecule has 5 heteroatoms. The van der Waals surface area contributed by atoms with E-state index in [1.54, 1.807) is 7.11 Å². The Hall–Kier alpha value is -0.840. The summed E-state index contributed by atoms with van der Waals surface area (Å²) in [5.74, 6) is 1.45. The van der Waals surface area contributed by atoms with Gasteiger partial charge in [-0.15, -0.1) is 0 Å². The van der Waals surface area contributed by atoms with E-state index in [0.29, 0.717) is 11.9 Å². The second-order valence-electron chi connectivity index (χ2n) is 4.70. The van der Waals surface area contributed by atoms with Crippen LogP contribution in [0.25, 0.3) is 0 Å². The standard InChI is InChI=1S/C13H20BrN3O/c1-10-8-12(18-2)16-13(15-10)17-7-5-3-4-6-11(17)9-14/h8,11H,3-7,9H2,1-2H3. The van der Waals surface area contributed by atoms with Crippen molar-refractivity contribution in [3.05, 3.63) is 11.8 Å². The number of aromatic nitrogens is 2. The molecule has 2 heterocycles. The van der Waals surface area contributed by atoms with E-state index in [2.05, 4.69) is 30.8 Å². The molecule has 1 unspecified atom stereocenters. The molecule has 0 aromatic carbocycles. The van der Waals surface area contributed by atoms with E-state index in [1.807, 2.05) is 13.0 Å². The van der Waals surface area contributed by atoms with Crippen LogP contribution in [0.4, 0.5) is 5.95 Å². The highest BCUT2D eigenvalue weighted by Gasteiger charge is 2.23. The Morgan fingerprint density at radius 2 is 2.22 bits per heavy atom. The maximum Gasteiger partial charge on any atom is 0.229 e. The third-order valence-electron chi connectivity index (χ3n) is 3.34. The van der Waals surface area contributed by atoms with Crippen LogP contribution in [0.2, 0.25) is 0 Å². The average molecular weight is 314 g/mol. The monoisotopic (exact) mass is 313 g/mol. The van der Waals surface area contributed by atoms with Crippen molar-refractivity contribution in [3.8, 4) is 5.88 Å². The first kappa shape index (κ1) is 13.6. The lowest BCUT2D eigenvalue weighted by Gasteiger charge is -2.29. The molecule has 0 radical (unpaired) electrons. The Morgan fingerprint density at radius 3 is 2.94 bits per heavy atom. The first-order chi connectivity index (χ1) is 8.74. The summed E-state index contributed by atoms with van der Waals surface area (Å²) in [5.41, 5.74) is 0.953. The molecule has 0 saturated carbocycles. The molecule has 2 rings (SSSR count). The fourth-order valence-corrected chi connectivity index (χ4v) is 3.03. The van der Waals surface area contributed by atoms with Crippen molar-refractivity contribution >= 4 is 21.9 Å². The largest absolute Gasteiger partial charge is 0.481 e. The zero-order chi connectivity index (χ0) is 13.0. The second-order valence-corrected chi connectivity index (χ2v) is 5.35. The summed E-state index contributed by atoms with van der Waals surface area (Å²) in [6.45, 7) is 3.01. The number of rotatable bonds is 3. The second kappa shape index (κ2) is 6.36. The molecule has 1 aromatic rings. The van der Waals surface area contributed by atoms with Gasteiger partial charge in [0, 0.05) is 29.7 Å². The van der Waals surface area contributed by atoms with Gasteiger partial charge in [-0.3, -0.25) is 0 Å². The highest BCUT2D eigenvalue weighted by molar-refractivity contribution is 9.09. The minimum atomic E-state index is 0.485. The van der Waals surface area contributed by atoms with Crippen LogP contribution in [0, 0.1) is 6.92 Å². The van der Waals surface area contributed by atoms with Gasteiger partial charge in [-0.1, -0.05) is 28.8 Å². The van der Waals surface area contributed by atoms with Crippen LogP contribution in [-0.2, 0) is 0 Å². The van der Waals surface area contributed by atoms with Crippen molar-refractivity contribution in [1.82, 2.24) is 9.97 Å². The summed E-state index contributed by atoms with van der Waals surface area (Å²) >= 11 is 3.61. The molecule has 100 valence electrons. The van der Waals surface area contributed by atoms with Crippen LogP contribution in [0.3, 0.4) is 0 Å². The Morgan fingerprint density at radius 1 is 1.39 bits per heavy atom. The number of ether oxygens (including phenoxy) is 1. The number of anilines is 1. The molecule has 0 amide bonds. The molecule has 1 atom stereocenters. The third-order valence-corrected chi connectivity index (χ3v) is 4.09. The summed E-state index contributed by atoms with van der Waals surface area (Å²) in [7, 11) is 1.65. The quantitative estimate of drug-likeness (QED) is 0.804. The molecule has 0 bridgehead atoms. The zero-order valence-corrected chi connectivity index (χ0v) is 12.6. The minimum Gasteiger partial charge on any atom is -0.481 e. The van der Waals surface area contributed by atoms with Crippen molar-refractivity contribution in [1.29, 1.82) is 0 Å². The van der Waals surface area contributed by atoms with E-state index >= 15 is 0 Å². The van der Waals surface area contributed by atoms with Crippen molar-refractivity contribution in [2.45, 2.75) is 38.6 Å². The number of hydrogen-bond donors (Lipinski definition) is 0. The number of alkyl halides is 1. The normalized spacial score (nSPS) is 20.6. The van der Waals surface area contributed by atoms with Crippen LogP contribution >= 0.6 is 15.9 Å². The highest BCUT2D eigenvalue weighted by atomic mass is 79.9. The Kier molecular flexibility index (Phi) is 4.80. The smallest absolute Gasteiger partial charge is 0.229 e. The van der Waals surface area contributed by atoms with Gasteiger partial charge in [-0.2, -0.15) is 4.98 Å². The predicted octanol–water partition coefficient (Wildman–Crippen LogP) is 2.94. The van der Waals surface area contributed by atoms with E-state index in [0.717, 1.165) is 23.5 Å². The summed E-state index contributed by atoms with van der Waals surface area (Å²) in [6, 6.07) is 2.35. The fourth-order valence-electron chi connectivity index (χ4n) is 2.36. The molecule has 18 heavy (non-hydrogen) atoms. The van der Waals surface area contributed by atoms with Gasteiger partial charge < -0.3 is 9.64 Å². The molecule has 1 fully saturated rings. The van der Waals surface area contributed by atoms with Crippen LogP contribution in [-0.4, -0.2) is 35.0 Å². The number of aryl methyl sites for hydroxylation is 1. The lowest BCUT2D eigenvalue weighted by molar-refractivity contribution is 0.395. The first-order valence-corrected chi connectivity index (χ1v) is 7.59. The molecule has 0 aliphatic carbocycles.